The highest BCUT2D eigenvalue weighted by molar-refractivity contribution is 6.09. The van der Waals surface area contributed by atoms with Crippen LogP contribution >= 0.6 is 0 Å². The first kappa shape index (κ1) is 13.1. The highest BCUT2D eigenvalue weighted by atomic mass is 16.5. The topological polar surface area (TPSA) is 53.4 Å². The van der Waals surface area contributed by atoms with Crippen LogP contribution in [0.4, 0.5) is 0 Å². The summed E-state index contributed by atoms with van der Waals surface area (Å²) in [4.78, 5) is 12.5. The van der Waals surface area contributed by atoms with Crippen molar-refractivity contribution in [2.45, 2.75) is 13.5 Å². The van der Waals surface area contributed by atoms with Gasteiger partial charge >= 0.3 is 0 Å². The molecule has 0 saturated heterocycles. The number of benzene rings is 1. The van der Waals surface area contributed by atoms with Gasteiger partial charge in [0.1, 0.15) is 5.75 Å². The molecule has 2 aromatic rings. The molecule has 0 aliphatic carbocycles. The third kappa shape index (κ3) is 2.45. The molecule has 0 aliphatic heterocycles. The molecule has 1 aromatic heterocycles. The molecule has 0 unspecified atom stereocenters. The molecular formula is C14H16N2O3. The Morgan fingerprint density at radius 2 is 1.89 bits per heavy atom. The zero-order chi connectivity index (χ0) is 13.8. The number of rotatable bonds is 5. The number of ether oxygens (including phenoxy) is 2. The molecule has 0 radical (unpaired) electrons. The van der Waals surface area contributed by atoms with E-state index in [2.05, 4.69) is 5.10 Å². The van der Waals surface area contributed by atoms with Crippen LogP contribution in [-0.4, -0.2) is 29.8 Å². The van der Waals surface area contributed by atoms with Gasteiger partial charge in [-0.05, 0) is 31.2 Å². The Morgan fingerprint density at radius 3 is 2.42 bits per heavy atom. The van der Waals surface area contributed by atoms with E-state index < -0.39 is 0 Å². The van der Waals surface area contributed by atoms with Crippen LogP contribution in [0.2, 0.25) is 0 Å². The maximum absolute atomic E-state index is 12.5. The van der Waals surface area contributed by atoms with Gasteiger partial charge < -0.3 is 9.47 Å². The van der Waals surface area contributed by atoms with Gasteiger partial charge in [-0.1, -0.05) is 0 Å². The SMILES string of the molecule is CCn1ncc(OC)c1C(=O)c1ccc(OC)cc1. The monoisotopic (exact) mass is 260 g/mol. The molecule has 5 heteroatoms. The second-order valence-electron chi connectivity index (χ2n) is 3.93. The van der Waals surface area contributed by atoms with Crippen molar-refractivity contribution in [3.63, 3.8) is 0 Å². The molecule has 100 valence electrons. The van der Waals surface area contributed by atoms with Crippen molar-refractivity contribution in [1.82, 2.24) is 9.78 Å². The standard InChI is InChI=1S/C14H16N2O3/c1-4-16-13(12(19-3)9-15-16)14(17)10-5-7-11(18-2)8-6-10/h5-9H,4H2,1-3H3. The zero-order valence-electron chi connectivity index (χ0n) is 11.2. The van der Waals surface area contributed by atoms with E-state index in [1.54, 1.807) is 42.3 Å². The van der Waals surface area contributed by atoms with Gasteiger partial charge in [-0.3, -0.25) is 9.48 Å². The molecule has 0 N–H and O–H groups in total. The number of aryl methyl sites for hydroxylation is 1. The van der Waals surface area contributed by atoms with Gasteiger partial charge in [-0.2, -0.15) is 5.10 Å². The van der Waals surface area contributed by atoms with Gasteiger partial charge in [0.15, 0.2) is 11.4 Å². The largest absolute Gasteiger partial charge is 0.497 e. The van der Waals surface area contributed by atoms with Crippen LogP contribution in [0.3, 0.4) is 0 Å². The number of carbonyl (C=O) groups excluding carboxylic acids is 1. The Morgan fingerprint density at radius 1 is 1.21 bits per heavy atom. The molecule has 0 atom stereocenters. The Balaban J connectivity index is 2.39. The summed E-state index contributed by atoms with van der Waals surface area (Å²) in [5, 5.41) is 4.13. The molecule has 0 amide bonds. The fourth-order valence-corrected chi connectivity index (χ4v) is 1.87. The van der Waals surface area contributed by atoms with Gasteiger partial charge in [-0.25, -0.2) is 0 Å². The molecule has 5 nitrogen and oxygen atoms in total. The maximum atomic E-state index is 12.5. The Hall–Kier alpha value is -2.30. The minimum atomic E-state index is -0.112. The summed E-state index contributed by atoms with van der Waals surface area (Å²) in [5.74, 6) is 1.09. The summed E-state index contributed by atoms with van der Waals surface area (Å²) < 4.78 is 11.9. The Bertz CT molecular complexity index is 551. The van der Waals surface area contributed by atoms with Crippen molar-refractivity contribution in [2.75, 3.05) is 14.2 Å². The molecule has 19 heavy (non-hydrogen) atoms. The minimum Gasteiger partial charge on any atom is -0.497 e. The predicted molar refractivity (Wildman–Crippen MR) is 70.9 cm³/mol. The smallest absolute Gasteiger partial charge is 0.214 e. The normalized spacial score (nSPS) is 10.3. The molecule has 0 fully saturated rings. The minimum absolute atomic E-state index is 0.112. The Labute approximate surface area is 111 Å². The molecular weight excluding hydrogens is 244 g/mol. The third-order valence-electron chi connectivity index (χ3n) is 2.89. The lowest BCUT2D eigenvalue weighted by atomic mass is 10.1. The summed E-state index contributed by atoms with van der Waals surface area (Å²) in [6, 6.07) is 6.97. The highest BCUT2D eigenvalue weighted by Gasteiger charge is 2.20. The van der Waals surface area contributed by atoms with Crippen molar-refractivity contribution in [2.24, 2.45) is 0 Å². The second-order valence-corrected chi connectivity index (χ2v) is 3.93. The van der Waals surface area contributed by atoms with Crippen LogP contribution in [0, 0.1) is 0 Å². The molecule has 0 bridgehead atoms. The lowest BCUT2D eigenvalue weighted by Crippen LogP contribution is -2.11. The molecule has 0 spiro atoms. The molecule has 0 aliphatic rings. The summed E-state index contributed by atoms with van der Waals surface area (Å²) in [6.07, 6.45) is 1.56. The number of methoxy groups -OCH3 is 2. The summed E-state index contributed by atoms with van der Waals surface area (Å²) in [5.41, 5.74) is 1.05. The van der Waals surface area contributed by atoms with Crippen molar-refractivity contribution >= 4 is 5.78 Å². The zero-order valence-corrected chi connectivity index (χ0v) is 11.2. The molecule has 0 saturated carbocycles. The summed E-state index contributed by atoms with van der Waals surface area (Å²) >= 11 is 0. The number of aromatic nitrogens is 2. The summed E-state index contributed by atoms with van der Waals surface area (Å²) in [6.45, 7) is 2.54. The number of ketones is 1. The van der Waals surface area contributed by atoms with E-state index in [0.717, 1.165) is 0 Å². The van der Waals surface area contributed by atoms with Crippen LogP contribution in [0.15, 0.2) is 30.5 Å². The van der Waals surface area contributed by atoms with E-state index in [1.165, 1.54) is 7.11 Å². The maximum Gasteiger partial charge on any atom is 0.214 e. The lowest BCUT2D eigenvalue weighted by Gasteiger charge is -2.07. The highest BCUT2D eigenvalue weighted by Crippen LogP contribution is 2.22. The average molecular weight is 260 g/mol. The van der Waals surface area contributed by atoms with Gasteiger partial charge in [0.25, 0.3) is 0 Å². The number of hydrogen-bond donors (Lipinski definition) is 0. The molecule has 1 aromatic carbocycles. The van der Waals surface area contributed by atoms with Crippen molar-refractivity contribution in [3.05, 3.63) is 41.7 Å². The van der Waals surface area contributed by atoms with Crippen LogP contribution in [0.1, 0.15) is 23.0 Å². The van der Waals surface area contributed by atoms with Gasteiger partial charge in [-0.15, -0.1) is 0 Å². The number of hydrogen-bond acceptors (Lipinski definition) is 4. The van der Waals surface area contributed by atoms with E-state index in [-0.39, 0.29) is 5.78 Å². The fraction of sp³-hybridized carbons (Fsp3) is 0.286. The first-order chi connectivity index (χ1) is 9.21. The van der Waals surface area contributed by atoms with Gasteiger partial charge in [0, 0.05) is 12.1 Å². The van der Waals surface area contributed by atoms with Crippen LogP contribution in [0.5, 0.6) is 11.5 Å². The van der Waals surface area contributed by atoms with Crippen LogP contribution < -0.4 is 9.47 Å². The molecule has 1 heterocycles. The van der Waals surface area contributed by atoms with E-state index in [0.29, 0.717) is 29.3 Å². The van der Waals surface area contributed by atoms with Crippen molar-refractivity contribution in [1.29, 1.82) is 0 Å². The van der Waals surface area contributed by atoms with Gasteiger partial charge in [0.05, 0.1) is 20.4 Å². The van der Waals surface area contributed by atoms with E-state index >= 15 is 0 Å². The first-order valence-corrected chi connectivity index (χ1v) is 5.99. The van der Waals surface area contributed by atoms with Crippen molar-refractivity contribution in [3.8, 4) is 11.5 Å². The van der Waals surface area contributed by atoms with E-state index in [1.807, 2.05) is 6.92 Å². The van der Waals surface area contributed by atoms with Crippen LogP contribution in [0.25, 0.3) is 0 Å². The van der Waals surface area contributed by atoms with Crippen molar-refractivity contribution < 1.29 is 14.3 Å². The molecule has 2 rings (SSSR count). The Kier molecular flexibility index (Phi) is 3.85. The predicted octanol–water partition coefficient (Wildman–Crippen LogP) is 2.15. The quantitative estimate of drug-likeness (QED) is 0.773. The van der Waals surface area contributed by atoms with Gasteiger partial charge in [0.2, 0.25) is 5.78 Å². The van der Waals surface area contributed by atoms with Crippen LogP contribution in [-0.2, 0) is 6.54 Å². The second kappa shape index (κ2) is 5.56. The fourth-order valence-electron chi connectivity index (χ4n) is 1.87. The summed E-state index contributed by atoms with van der Waals surface area (Å²) in [7, 11) is 3.12. The number of carbonyl (C=O) groups is 1. The lowest BCUT2D eigenvalue weighted by molar-refractivity contribution is 0.102. The first-order valence-electron chi connectivity index (χ1n) is 5.99. The third-order valence-corrected chi connectivity index (χ3v) is 2.89. The van der Waals surface area contributed by atoms with E-state index in [9.17, 15) is 4.79 Å². The van der Waals surface area contributed by atoms with E-state index in [4.69, 9.17) is 9.47 Å². The number of nitrogens with zero attached hydrogens (tertiary/aromatic N) is 2. The average Bonchev–Trinajstić information content (AvgIpc) is 2.89.